The number of carboxylic acids is 1. The van der Waals surface area contributed by atoms with Gasteiger partial charge in [0.05, 0.1) is 5.69 Å². The number of carbonyl (C=O) groups is 2. The van der Waals surface area contributed by atoms with E-state index in [-0.39, 0.29) is 17.8 Å². The average Bonchev–Trinajstić information content (AvgIpc) is 2.86. The number of ether oxygens (including phenoxy) is 1. The standard InChI is InChI=1S/C14H20N2O5/c1-14(2,3)20-13(19)16-6-4-5-9(8-16)10-7-11(12(17)18)21-15-10/h7,9H,4-6,8H2,1-3H3,(H,17,18)/t9-/m0/s1. The molecule has 2 rings (SSSR count). The molecule has 0 aliphatic carbocycles. The Hall–Kier alpha value is -2.05. The molecule has 1 saturated heterocycles. The Kier molecular flexibility index (Phi) is 4.20. The highest BCUT2D eigenvalue weighted by Crippen LogP contribution is 2.27. The monoisotopic (exact) mass is 296 g/mol. The first-order valence-corrected chi connectivity index (χ1v) is 6.94. The van der Waals surface area contributed by atoms with Crippen molar-refractivity contribution in [1.82, 2.24) is 10.1 Å². The summed E-state index contributed by atoms with van der Waals surface area (Å²) < 4.78 is 10.1. The van der Waals surface area contributed by atoms with Crippen LogP contribution in [0.4, 0.5) is 4.79 Å². The van der Waals surface area contributed by atoms with Crippen LogP contribution in [0.1, 0.15) is 55.8 Å². The summed E-state index contributed by atoms with van der Waals surface area (Å²) >= 11 is 0. The van der Waals surface area contributed by atoms with Crippen molar-refractivity contribution in [3.8, 4) is 0 Å². The normalized spacial score (nSPS) is 19.4. The van der Waals surface area contributed by atoms with Crippen molar-refractivity contribution in [3.05, 3.63) is 17.5 Å². The minimum absolute atomic E-state index is 0.0249. The van der Waals surface area contributed by atoms with Crippen LogP contribution in [0.3, 0.4) is 0 Å². The highest BCUT2D eigenvalue weighted by atomic mass is 16.6. The zero-order valence-electron chi connectivity index (χ0n) is 12.5. The molecule has 1 fully saturated rings. The molecule has 0 unspecified atom stereocenters. The second kappa shape index (κ2) is 5.75. The Balaban J connectivity index is 2.03. The minimum atomic E-state index is -1.14. The van der Waals surface area contributed by atoms with Gasteiger partial charge in [0, 0.05) is 25.1 Å². The number of likely N-dealkylation sites (tertiary alicyclic amines) is 1. The maximum Gasteiger partial charge on any atom is 0.410 e. The third-order valence-corrected chi connectivity index (χ3v) is 3.23. The summed E-state index contributed by atoms with van der Waals surface area (Å²) in [4.78, 5) is 24.5. The Bertz CT molecular complexity index is 532. The van der Waals surface area contributed by atoms with Crippen molar-refractivity contribution >= 4 is 12.1 Å². The largest absolute Gasteiger partial charge is 0.475 e. The second-order valence-electron chi connectivity index (χ2n) is 6.19. The third-order valence-electron chi connectivity index (χ3n) is 3.23. The zero-order valence-corrected chi connectivity index (χ0v) is 12.5. The fourth-order valence-corrected chi connectivity index (χ4v) is 2.29. The van der Waals surface area contributed by atoms with Gasteiger partial charge in [0.15, 0.2) is 0 Å². The van der Waals surface area contributed by atoms with Gasteiger partial charge in [-0.2, -0.15) is 0 Å². The summed E-state index contributed by atoms with van der Waals surface area (Å²) in [5, 5.41) is 12.6. The average molecular weight is 296 g/mol. The van der Waals surface area contributed by atoms with E-state index in [1.807, 2.05) is 20.8 Å². The van der Waals surface area contributed by atoms with Crippen LogP contribution in [-0.4, -0.2) is 45.9 Å². The quantitative estimate of drug-likeness (QED) is 0.901. The molecule has 21 heavy (non-hydrogen) atoms. The molecule has 7 nitrogen and oxygen atoms in total. The van der Waals surface area contributed by atoms with Gasteiger partial charge in [-0.25, -0.2) is 9.59 Å². The Morgan fingerprint density at radius 1 is 1.48 bits per heavy atom. The van der Waals surface area contributed by atoms with E-state index >= 15 is 0 Å². The van der Waals surface area contributed by atoms with Crippen molar-refractivity contribution in [1.29, 1.82) is 0 Å². The van der Waals surface area contributed by atoms with Crippen LogP contribution < -0.4 is 0 Å². The molecule has 1 aromatic rings. The van der Waals surface area contributed by atoms with Gasteiger partial charge >= 0.3 is 12.1 Å². The summed E-state index contributed by atoms with van der Waals surface area (Å²) in [7, 11) is 0. The molecule has 0 bridgehead atoms. The molecule has 116 valence electrons. The maximum absolute atomic E-state index is 12.1. The van der Waals surface area contributed by atoms with Crippen molar-refractivity contribution < 1.29 is 24.0 Å². The molecule has 0 radical (unpaired) electrons. The van der Waals surface area contributed by atoms with Crippen LogP contribution in [-0.2, 0) is 4.74 Å². The maximum atomic E-state index is 12.1. The first kappa shape index (κ1) is 15.3. The fourth-order valence-electron chi connectivity index (χ4n) is 2.29. The van der Waals surface area contributed by atoms with Crippen LogP contribution in [0.2, 0.25) is 0 Å². The number of carbonyl (C=O) groups excluding carboxylic acids is 1. The number of hydrogen-bond donors (Lipinski definition) is 1. The molecule has 0 spiro atoms. The lowest BCUT2D eigenvalue weighted by Crippen LogP contribution is -2.42. The highest BCUT2D eigenvalue weighted by molar-refractivity contribution is 5.84. The first-order chi connectivity index (χ1) is 9.76. The fraction of sp³-hybridized carbons (Fsp3) is 0.643. The van der Waals surface area contributed by atoms with Crippen molar-refractivity contribution in [3.63, 3.8) is 0 Å². The molecular weight excluding hydrogens is 276 g/mol. The summed E-state index contributed by atoms with van der Waals surface area (Å²) in [5.74, 6) is -1.35. The Morgan fingerprint density at radius 3 is 2.76 bits per heavy atom. The SMILES string of the molecule is CC(C)(C)OC(=O)N1CCC[C@H](c2cc(C(=O)O)on2)C1. The van der Waals surface area contributed by atoms with Gasteiger partial charge in [0.25, 0.3) is 0 Å². The van der Waals surface area contributed by atoms with Gasteiger partial charge in [-0.3, -0.25) is 0 Å². The number of piperidine rings is 1. The minimum Gasteiger partial charge on any atom is -0.475 e. The molecule has 1 N–H and O–H groups in total. The van der Waals surface area contributed by atoms with Gasteiger partial charge in [-0.15, -0.1) is 0 Å². The van der Waals surface area contributed by atoms with Gasteiger partial charge in [0.1, 0.15) is 5.60 Å². The molecule has 1 aliphatic rings. The smallest absolute Gasteiger partial charge is 0.410 e. The Morgan fingerprint density at radius 2 is 2.19 bits per heavy atom. The van der Waals surface area contributed by atoms with Crippen LogP contribution in [0.25, 0.3) is 0 Å². The summed E-state index contributed by atoms with van der Waals surface area (Å²) in [6.07, 6.45) is 1.30. The van der Waals surface area contributed by atoms with Gasteiger partial charge in [-0.05, 0) is 33.6 Å². The molecule has 2 heterocycles. The summed E-state index contributed by atoms with van der Waals surface area (Å²) in [6, 6.07) is 1.42. The number of aromatic carboxylic acids is 1. The molecule has 0 aromatic carbocycles. The summed E-state index contributed by atoms with van der Waals surface area (Å²) in [6.45, 7) is 6.56. The Labute approximate surface area is 122 Å². The third kappa shape index (κ3) is 3.96. The lowest BCUT2D eigenvalue weighted by atomic mass is 9.95. The number of nitrogens with zero attached hydrogens (tertiary/aromatic N) is 2. The van der Waals surface area contributed by atoms with E-state index in [2.05, 4.69) is 5.16 Å². The molecule has 1 amide bonds. The number of rotatable bonds is 2. The van der Waals surface area contributed by atoms with Crippen LogP contribution in [0.15, 0.2) is 10.6 Å². The lowest BCUT2D eigenvalue weighted by Gasteiger charge is -2.33. The topological polar surface area (TPSA) is 92.9 Å². The van der Waals surface area contributed by atoms with E-state index in [4.69, 9.17) is 14.4 Å². The number of amides is 1. The number of aromatic nitrogens is 1. The highest BCUT2D eigenvalue weighted by Gasteiger charge is 2.30. The second-order valence-corrected chi connectivity index (χ2v) is 6.19. The molecule has 1 aromatic heterocycles. The molecule has 1 atom stereocenters. The first-order valence-electron chi connectivity index (χ1n) is 6.94. The predicted molar refractivity (Wildman–Crippen MR) is 73.2 cm³/mol. The predicted octanol–water partition coefficient (Wildman–Crippen LogP) is 2.49. The van der Waals surface area contributed by atoms with E-state index in [9.17, 15) is 9.59 Å². The van der Waals surface area contributed by atoms with Gasteiger partial charge < -0.3 is 19.3 Å². The lowest BCUT2D eigenvalue weighted by molar-refractivity contribution is 0.0196. The molecular formula is C14H20N2O5. The van der Waals surface area contributed by atoms with Crippen LogP contribution >= 0.6 is 0 Å². The van der Waals surface area contributed by atoms with Crippen molar-refractivity contribution in [2.45, 2.75) is 45.1 Å². The summed E-state index contributed by atoms with van der Waals surface area (Å²) in [5.41, 5.74) is 0.0367. The van der Waals surface area contributed by atoms with E-state index in [0.29, 0.717) is 18.8 Å². The van der Waals surface area contributed by atoms with E-state index in [1.54, 1.807) is 4.90 Å². The van der Waals surface area contributed by atoms with E-state index < -0.39 is 11.6 Å². The molecule has 7 heteroatoms. The zero-order chi connectivity index (χ0) is 15.6. The molecule has 0 saturated carbocycles. The number of hydrogen-bond acceptors (Lipinski definition) is 5. The number of carboxylic acid groups (broad SMARTS) is 1. The van der Waals surface area contributed by atoms with E-state index in [1.165, 1.54) is 6.07 Å². The van der Waals surface area contributed by atoms with Crippen LogP contribution in [0.5, 0.6) is 0 Å². The van der Waals surface area contributed by atoms with Gasteiger partial charge in [0.2, 0.25) is 5.76 Å². The molecule has 1 aliphatic heterocycles. The van der Waals surface area contributed by atoms with Crippen molar-refractivity contribution in [2.75, 3.05) is 13.1 Å². The van der Waals surface area contributed by atoms with Crippen LogP contribution in [0, 0.1) is 0 Å². The van der Waals surface area contributed by atoms with Gasteiger partial charge in [-0.1, -0.05) is 5.16 Å². The van der Waals surface area contributed by atoms with Crippen molar-refractivity contribution in [2.24, 2.45) is 0 Å². The van der Waals surface area contributed by atoms with E-state index in [0.717, 1.165) is 12.8 Å².